The fraction of sp³-hybridized carbons (Fsp3) is 0.417. The van der Waals surface area contributed by atoms with Crippen LogP contribution < -0.4 is 4.90 Å². The number of amides is 1. The van der Waals surface area contributed by atoms with Crippen molar-refractivity contribution in [1.82, 2.24) is 4.98 Å². The van der Waals surface area contributed by atoms with Crippen molar-refractivity contribution in [2.75, 3.05) is 11.4 Å². The summed E-state index contributed by atoms with van der Waals surface area (Å²) in [7, 11) is 0. The van der Waals surface area contributed by atoms with Crippen molar-refractivity contribution in [2.24, 2.45) is 0 Å². The maximum atomic E-state index is 12.0. The van der Waals surface area contributed by atoms with Gasteiger partial charge in [0.05, 0.1) is 10.2 Å². The monoisotopic (exact) mass is 406 g/mol. The van der Waals surface area contributed by atoms with Gasteiger partial charge >= 0.3 is 0 Å². The average Bonchev–Trinajstić information content (AvgIpc) is 2.63. The van der Waals surface area contributed by atoms with E-state index >= 15 is 0 Å². The van der Waals surface area contributed by atoms with Gasteiger partial charge in [0.1, 0.15) is 5.82 Å². The van der Waals surface area contributed by atoms with Crippen LogP contribution in [-0.4, -0.2) is 27.8 Å². The molecule has 1 unspecified atom stereocenters. The quantitative estimate of drug-likeness (QED) is 0.754. The van der Waals surface area contributed by atoms with Crippen LogP contribution in [0.15, 0.2) is 15.0 Å². The number of thioether (sulfide) groups is 1. The number of carbonyl (C=O) groups is 2. The minimum absolute atomic E-state index is 0.00803. The molecule has 4 nitrogen and oxygen atoms in total. The summed E-state index contributed by atoms with van der Waals surface area (Å²) in [5.41, 5.74) is 0.827. The van der Waals surface area contributed by atoms with E-state index in [-0.39, 0.29) is 16.3 Å². The van der Waals surface area contributed by atoms with Gasteiger partial charge in [-0.25, -0.2) is 4.98 Å². The third kappa shape index (κ3) is 3.38. The topological polar surface area (TPSA) is 50.3 Å². The highest BCUT2D eigenvalue weighted by Crippen LogP contribution is 2.34. The first-order valence-electron chi connectivity index (χ1n) is 5.68. The number of hydrogen-bond acceptors (Lipinski definition) is 4. The van der Waals surface area contributed by atoms with E-state index < -0.39 is 0 Å². The molecule has 19 heavy (non-hydrogen) atoms. The molecule has 1 aromatic heterocycles. The molecule has 1 atom stereocenters. The maximum Gasteiger partial charge on any atom is 0.229 e. The van der Waals surface area contributed by atoms with Gasteiger partial charge in [0.2, 0.25) is 5.91 Å². The van der Waals surface area contributed by atoms with Crippen molar-refractivity contribution >= 4 is 60.5 Å². The minimum atomic E-state index is 0.00803. The number of anilines is 1. The Labute approximate surface area is 132 Å². The molecule has 1 aromatic rings. The summed E-state index contributed by atoms with van der Waals surface area (Å²) in [4.78, 5) is 29.2. The van der Waals surface area contributed by atoms with Crippen LogP contribution in [0.5, 0.6) is 0 Å². The van der Waals surface area contributed by atoms with E-state index in [1.54, 1.807) is 4.90 Å². The summed E-state index contributed by atoms with van der Waals surface area (Å²) in [6.45, 7) is 3.92. The number of rotatable bonds is 2. The zero-order valence-electron chi connectivity index (χ0n) is 10.4. The summed E-state index contributed by atoms with van der Waals surface area (Å²) < 4.78 is 1.66. The molecule has 1 amide bonds. The van der Waals surface area contributed by atoms with Crippen molar-refractivity contribution < 1.29 is 9.59 Å². The minimum Gasteiger partial charge on any atom is -0.295 e. The molecule has 0 saturated carbocycles. The number of nitrogens with zero attached hydrogens (tertiary/aromatic N) is 2. The predicted molar refractivity (Wildman–Crippen MR) is 83.4 cm³/mol. The molecular formula is C12H12Br2N2O2S. The van der Waals surface area contributed by atoms with Crippen molar-refractivity contribution in [1.29, 1.82) is 0 Å². The number of halogens is 2. The number of pyridine rings is 1. The SMILES string of the molecule is CC(=O)SC1CC(=O)N(c2nc(C)c(Br)cc2Br)C1. The van der Waals surface area contributed by atoms with Crippen molar-refractivity contribution in [2.45, 2.75) is 25.5 Å². The Balaban J connectivity index is 2.25. The molecule has 0 bridgehead atoms. The molecule has 0 radical (unpaired) electrons. The molecular weight excluding hydrogens is 396 g/mol. The predicted octanol–water partition coefficient (Wildman–Crippen LogP) is 3.30. The number of carbonyl (C=O) groups excluding carboxylic acids is 2. The van der Waals surface area contributed by atoms with Gasteiger partial charge in [-0.3, -0.25) is 14.5 Å². The molecule has 1 fully saturated rings. The first kappa shape index (κ1) is 15.0. The lowest BCUT2D eigenvalue weighted by molar-refractivity contribution is -0.117. The standard InChI is InChI=1S/C12H12Br2N2O2S/c1-6-9(13)4-10(14)12(15-6)16-5-8(3-11(16)18)19-7(2)17/h4,8H,3,5H2,1-2H3. The summed E-state index contributed by atoms with van der Waals surface area (Å²) >= 11 is 8.06. The smallest absolute Gasteiger partial charge is 0.229 e. The van der Waals surface area contributed by atoms with Crippen LogP contribution in [0.25, 0.3) is 0 Å². The normalized spacial score (nSPS) is 19.1. The molecule has 1 saturated heterocycles. The Morgan fingerprint density at radius 3 is 2.79 bits per heavy atom. The van der Waals surface area contributed by atoms with Crippen LogP contribution in [0.3, 0.4) is 0 Å². The van der Waals surface area contributed by atoms with Gasteiger partial charge in [-0.2, -0.15) is 0 Å². The van der Waals surface area contributed by atoms with Crippen LogP contribution in [0.2, 0.25) is 0 Å². The molecule has 2 heterocycles. The van der Waals surface area contributed by atoms with Crippen LogP contribution in [0.1, 0.15) is 19.0 Å². The molecule has 102 valence electrons. The lowest BCUT2D eigenvalue weighted by Gasteiger charge is -2.18. The molecule has 2 rings (SSSR count). The lowest BCUT2D eigenvalue weighted by Crippen LogP contribution is -2.26. The van der Waals surface area contributed by atoms with Gasteiger partial charge in [-0.15, -0.1) is 0 Å². The second-order valence-electron chi connectivity index (χ2n) is 4.30. The highest BCUT2D eigenvalue weighted by molar-refractivity contribution is 9.11. The van der Waals surface area contributed by atoms with Crippen LogP contribution in [-0.2, 0) is 9.59 Å². The largest absolute Gasteiger partial charge is 0.295 e. The fourth-order valence-electron chi connectivity index (χ4n) is 1.93. The Kier molecular flexibility index (Phi) is 4.68. The number of aromatic nitrogens is 1. The van der Waals surface area contributed by atoms with Crippen molar-refractivity contribution in [3.05, 3.63) is 20.7 Å². The Morgan fingerprint density at radius 2 is 2.16 bits per heavy atom. The second kappa shape index (κ2) is 5.93. The van der Waals surface area contributed by atoms with Gasteiger partial charge in [-0.05, 0) is 44.8 Å². The second-order valence-corrected chi connectivity index (χ2v) is 7.49. The van der Waals surface area contributed by atoms with E-state index in [1.807, 2.05) is 13.0 Å². The summed E-state index contributed by atoms with van der Waals surface area (Å²) in [6, 6.07) is 1.89. The maximum absolute atomic E-state index is 12.0. The zero-order chi connectivity index (χ0) is 14.2. The van der Waals surface area contributed by atoms with Gasteiger partial charge in [0, 0.05) is 29.6 Å². The first-order valence-corrected chi connectivity index (χ1v) is 8.15. The van der Waals surface area contributed by atoms with E-state index in [1.165, 1.54) is 18.7 Å². The van der Waals surface area contributed by atoms with E-state index in [0.29, 0.717) is 18.8 Å². The highest BCUT2D eigenvalue weighted by atomic mass is 79.9. The van der Waals surface area contributed by atoms with Gasteiger partial charge < -0.3 is 0 Å². The van der Waals surface area contributed by atoms with E-state index in [9.17, 15) is 9.59 Å². The molecule has 7 heteroatoms. The molecule has 0 spiro atoms. The Morgan fingerprint density at radius 1 is 1.47 bits per heavy atom. The first-order chi connectivity index (χ1) is 8.88. The highest BCUT2D eigenvalue weighted by Gasteiger charge is 2.33. The summed E-state index contributed by atoms with van der Waals surface area (Å²) in [6.07, 6.45) is 0.382. The van der Waals surface area contributed by atoms with Gasteiger partial charge in [0.15, 0.2) is 5.12 Å². The Hall–Kier alpha value is -0.400. The van der Waals surface area contributed by atoms with Crippen LogP contribution >= 0.6 is 43.6 Å². The molecule has 0 aromatic carbocycles. The third-order valence-corrected chi connectivity index (χ3v) is 5.13. The molecule has 0 aliphatic carbocycles. The van der Waals surface area contributed by atoms with Crippen LogP contribution in [0.4, 0.5) is 5.82 Å². The average molecular weight is 408 g/mol. The summed E-state index contributed by atoms with van der Waals surface area (Å²) in [5, 5.41) is 0.0568. The van der Waals surface area contributed by atoms with Gasteiger partial charge in [0.25, 0.3) is 0 Å². The molecule has 1 aliphatic heterocycles. The van der Waals surface area contributed by atoms with Crippen molar-refractivity contribution in [3.8, 4) is 0 Å². The van der Waals surface area contributed by atoms with E-state index in [4.69, 9.17) is 0 Å². The number of hydrogen-bond donors (Lipinski definition) is 0. The zero-order valence-corrected chi connectivity index (χ0v) is 14.4. The fourth-order valence-corrected chi connectivity index (χ4v) is 4.00. The van der Waals surface area contributed by atoms with E-state index in [0.717, 1.165) is 14.6 Å². The summed E-state index contributed by atoms with van der Waals surface area (Å²) in [5.74, 6) is 0.631. The third-order valence-electron chi connectivity index (χ3n) is 2.76. The molecule has 0 N–H and O–H groups in total. The van der Waals surface area contributed by atoms with Crippen molar-refractivity contribution in [3.63, 3.8) is 0 Å². The molecule has 1 aliphatic rings. The lowest BCUT2D eigenvalue weighted by atomic mass is 10.3. The van der Waals surface area contributed by atoms with E-state index in [2.05, 4.69) is 36.8 Å². The number of aryl methyl sites for hydroxylation is 1. The van der Waals surface area contributed by atoms with Crippen LogP contribution in [0, 0.1) is 6.92 Å². The van der Waals surface area contributed by atoms with Gasteiger partial charge in [-0.1, -0.05) is 11.8 Å². The Bertz CT molecular complexity index is 551.